The minimum absolute atomic E-state index is 0.0451. The first-order chi connectivity index (χ1) is 16.1. The van der Waals surface area contributed by atoms with Gasteiger partial charge in [0, 0.05) is 37.3 Å². The number of anilines is 2. The molecule has 1 aliphatic rings. The summed E-state index contributed by atoms with van der Waals surface area (Å²) in [5.41, 5.74) is 3.04. The van der Waals surface area contributed by atoms with Crippen LogP contribution >= 0.6 is 0 Å². The van der Waals surface area contributed by atoms with Gasteiger partial charge >= 0.3 is 0 Å². The Balaban J connectivity index is 1.32. The summed E-state index contributed by atoms with van der Waals surface area (Å²) < 4.78 is 5.65. The van der Waals surface area contributed by atoms with Crippen LogP contribution in [-0.2, 0) is 4.79 Å². The van der Waals surface area contributed by atoms with Crippen LogP contribution in [0.4, 0.5) is 11.4 Å². The molecule has 6 heteroatoms. The molecule has 3 aromatic rings. The molecule has 0 atom stereocenters. The zero-order valence-electron chi connectivity index (χ0n) is 18.9. The van der Waals surface area contributed by atoms with Crippen LogP contribution in [0.5, 0.6) is 5.75 Å². The molecule has 1 N–H and O–H groups in total. The summed E-state index contributed by atoms with van der Waals surface area (Å²) in [6.07, 6.45) is 0. The lowest BCUT2D eigenvalue weighted by atomic mass is 10.0. The number of rotatable bonds is 8. The number of likely N-dealkylation sites (N-methyl/N-ethyl adjacent to an activating group) is 1. The Labute approximate surface area is 194 Å². The molecule has 0 bridgehead atoms. The number of hydrogen-bond acceptors (Lipinski definition) is 5. The average Bonchev–Trinajstić information content (AvgIpc) is 2.88. The van der Waals surface area contributed by atoms with E-state index in [9.17, 15) is 9.59 Å². The van der Waals surface area contributed by atoms with Crippen molar-refractivity contribution in [2.24, 2.45) is 0 Å². The van der Waals surface area contributed by atoms with E-state index < -0.39 is 0 Å². The normalized spacial score (nSPS) is 14.0. The maximum atomic E-state index is 12.6. The van der Waals surface area contributed by atoms with Crippen molar-refractivity contribution >= 4 is 23.1 Å². The van der Waals surface area contributed by atoms with Crippen LogP contribution in [0.25, 0.3) is 0 Å². The standard InChI is InChI=1S/C27H29N3O3/c1-2-29-16-18-30(19-17-29)25-11-7-6-10-24(25)28-26(31)20-33-23-14-12-22(13-15-23)27(32)21-8-4-3-5-9-21/h3-15H,2,16-20H2,1H3,(H,28,31). The zero-order valence-corrected chi connectivity index (χ0v) is 18.9. The molecule has 0 spiro atoms. The topological polar surface area (TPSA) is 61.9 Å². The molecule has 1 fully saturated rings. The molecular formula is C27H29N3O3. The lowest BCUT2D eigenvalue weighted by Gasteiger charge is -2.36. The van der Waals surface area contributed by atoms with E-state index in [0.29, 0.717) is 16.9 Å². The van der Waals surface area contributed by atoms with E-state index in [1.54, 1.807) is 36.4 Å². The van der Waals surface area contributed by atoms with Gasteiger partial charge in [0.15, 0.2) is 12.4 Å². The summed E-state index contributed by atoms with van der Waals surface area (Å²) in [6.45, 7) is 7.04. The monoisotopic (exact) mass is 443 g/mol. The fourth-order valence-corrected chi connectivity index (χ4v) is 3.95. The van der Waals surface area contributed by atoms with Crippen molar-refractivity contribution in [3.8, 4) is 5.75 Å². The van der Waals surface area contributed by atoms with Crippen LogP contribution in [0.3, 0.4) is 0 Å². The van der Waals surface area contributed by atoms with Gasteiger partial charge in [-0.1, -0.05) is 49.4 Å². The number of hydrogen-bond donors (Lipinski definition) is 1. The lowest BCUT2D eigenvalue weighted by molar-refractivity contribution is -0.118. The van der Waals surface area contributed by atoms with E-state index in [4.69, 9.17) is 4.74 Å². The zero-order chi connectivity index (χ0) is 23.0. The molecule has 0 radical (unpaired) electrons. The first-order valence-electron chi connectivity index (χ1n) is 11.3. The third kappa shape index (κ3) is 5.79. The number of ether oxygens (including phenoxy) is 1. The van der Waals surface area contributed by atoms with E-state index in [1.165, 1.54) is 0 Å². The number of carbonyl (C=O) groups is 2. The van der Waals surface area contributed by atoms with Gasteiger partial charge in [0.05, 0.1) is 11.4 Å². The molecule has 1 saturated heterocycles. The molecule has 3 aromatic carbocycles. The van der Waals surface area contributed by atoms with Gasteiger partial charge in [0.1, 0.15) is 5.75 Å². The quantitative estimate of drug-likeness (QED) is 0.532. The highest BCUT2D eigenvalue weighted by Gasteiger charge is 2.19. The molecule has 1 aliphatic heterocycles. The number of para-hydroxylation sites is 2. The van der Waals surface area contributed by atoms with Gasteiger partial charge in [-0.15, -0.1) is 0 Å². The van der Waals surface area contributed by atoms with Crippen molar-refractivity contribution in [2.45, 2.75) is 6.92 Å². The first kappa shape index (κ1) is 22.6. The molecule has 33 heavy (non-hydrogen) atoms. The Morgan fingerprint density at radius 1 is 0.818 bits per heavy atom. The number of amides is 1. The number of nitrogens with one attached hydrogen (secondary N) is 1. The van der Waals surface area contributed by atoms with Gasteiger partial charge in [-0.2, -0.15) is 0 Å². The van der Waals surface area contributed by atoms with Crippen LogP contribution in [0.15, 0.2) is 78.9 Å². The van der Waals surface area contributed by atoms with Crippen LogP contribution in [-0.4, -0.2) is 55.9 Å². The first-order valence-corrected chi connectivity index (χ1v) is 11.3. The maximum absolute atomic E-state index is 12.6. The SMILES string of the molecule is CCN1CCN(c2ccccc2NC(=O)COc2ccc(C(=O)c3ccccc3)cc2)CC1. The number of carbonyl (C=O) groups excluding carboxylic acids is 2. The highest BCUT2D eigenvalue weighted by Crippen LogP contribution is 2.26. The van der Waals surface area contributed by atoms with Gasteiger partial charge in [-0.25, -0.2) is 0 Å². The largest absolute Gasteiger partial charge is 0.484 e. The average molecular weight is 444 g/mol. The molecule has 0 aliphatic carbocycles. The number of benzene rings is 3. The third-order valence-corrected chi connectivity index (χ3v) is 5.86. The summed E-state index contributed by atoms with van der Waals surface area (Å²) in [5, 5.41) is 2.98. The fraction of sp³-hybridized carbons (Fsp3) is 0.259. The van der Waals surface area contributed by atoms with Gasteiger partial charge in [-0.05, 0) is 42.9 Å². The van der Waals surface area contributed by atoms with Gasteiger partial charge in [-0.3, -0.25) is 9.59 Å². The van der Waals surface area contributed by atoms with Crippen molar-refractivity contribution in [1.82, 2.24) is 4.90 Å². The van der Waals surface area contributed by atoms with E-state index in [-0.39, 0.29) is 18.3 Å². The predicted molar refractivity (Wildman–Crippen MR) is 131 cm³/mol. The van der Waals surface area contributed by atoms with Crippen LogP contribution in [0.1, 0.15) is 22.8 Å². The number of nitrogens with zero attached hydrogens (tertiary/aromatic N) is 2. The molecular weight excluding hydrogens is 414 g/mol. The molecule has 0 aromatic heterocycles. The third-order valence-electron chi connectivity index (χ3n) is 5.86. The van der Waals surface area contributed by atoms with Crippen molar-refractivity contribution in [1.29, 1.82) is 0 Å². The summed E-state index contributed by atoms with van der Waals surface area (Å²) in [6, 6.07) is 23.9. The molecule has 6 nitrogen and oxygen atoms in total. The van der Waals surface area contributed by atoms with E-state index >= 15 is 0 Å². The second-order valence-corrected chi connectivity index (χ2v) is 7.99. The minimum Gasteiger partial charge on any atom is -0.484 e. The fourth-order valence-electron chi connectivity index (χ4n) is 3.95. The van der Waals surface area contributed by atoms with Gasteiger partial charge in [0.2, 0.25) is 0 Å². The summed E-state index contributed by atoms with van der Waals surface area (Å²) >= 11 is 0. The highest BCUT2D eigenvalue weighted by molar-refractivity contribution is 6.09. The highest BCUT2D eigenvalue weighted by atomic mass is 16.5. The number of ketones is 1. The summed E-state index contributed by atoms with van der Waals surface area (Å²) in [4.78, 5) is 29.8. The molecule has 0 unspecified atom stereocenters. The van der Waals surface area contributed by atoms with Crippen LogP contribution < -0.4 is 15.0 Å². The second kappa shape index (κ2) is 10.8. The minimum atomic E-state index is -0.223. The Morgan fingerprint density at radius 2 is 1.45 bits per heavy atom. The maximum Gasteiger partial charge on any atom is 0.262 e. The molecule has 1 heterocycles. The Kier molecular flexibility index (Phi) is 7.37. The van der Waals surface area contributed by atoms with Gasteiger partial charge in [0.25, 0.3) is 5.91 Å². The molecule has 4 rings (SSSR count). The molecule has 1 amide bonds. The van der Waals surface area contributed by atoms with Crippen molar-refractivity contribution in [2.75, 3.05) is 49.5 Å². The molecule has 0 saturated carbocycles. The van der Waals surface area contributed by atoms with Crippen LogP contribution in [0, 0.1) is 0 Å². The van der Waals surface area contributed by atoms with Crippen molar-refractivity contribution in [3.05, 3.63) is 90.0 Å². The van der Waals surface area contributed by atoms with Gasteiger partial charge < -0.3 is 19.9 Å². The van der Waals surface area contributed by atoms with E-state index in [2.05, 4.69) is 22.0 Å². The Bertz CT molecular complexity index is 1080. The van der Waals surface area contributed by atoms with Crippen molar-refractivity contribution in [3.63, 3.8) is 0 Å². The lowest BCUT2D eigenvalue weighted by Crippen LogP contribution is -2.46. The summed E-state index contributed by atoms with van der Waals surface area (Å²) in [7, 11) is 0. The van der Waals surface area contributed by atoms with Crippen molar-refractivity contribution < 1.29 is 14.3 Å². The van der Waals surface area contributed by atoms with E-state index in [0.717, 1.165) is 44.1 Å². The Hall–Kier alpha value is -3.64. The van der Waals surface area contributed by atoms with E-state index in [1.807, 2.05) is 42.5 Å². The number of piperazine rings is 1. The smallest absolute Gasteiger partial charge is 0.262 e. The van der Waals surface area contributed by atoms with Crippen LogP contribution in [0.2, 0.25) is 0 Å². The Morgan fingerprint density at radius 3 is 2.15 bits per heavy atom. The summed E-state index contributed by atoms with van der Waals surface area (Å²) in [5.74, 6) is 0.272. The predicted octanol–water partition coefficient (Wildman–Crippen LogP) is 4.08. The molecule has 170 valence electrons. The second-order valence-electron chi connectivity index (χ2n) is 7.99.